The predicted octanol–water partition coefficient (Wildman–Crippen LogP) is 0.424. The molecule has 0 spiro atoms. The molecule has 4 atom stereocenters. The number of aliphatic hydroxyl groups excluding tert-OH is 1. The average Bonchev–Trinajstić information content (AvgIpc) is 2.69. The maximum absolute atomic E-state index is 11.0. The minimum Gasteiger partial charge on any atom is -0.465 e. The minimum absolute atomic E-state index is 0.133. The minimum atomic E-state index is -0.729. The summed E-state index contributed by atoms with van der Waals surface area (Å²) in [6.07, 6.45) is -1.36. The Morgan fingerprint density at radius 2 is 2.00 bits per heavy atom. The third-order valence-electron chi connectivity index (χ3n) is 3.49. The van der Waals surface area contributed by atoms with E-state index in [4.69, 9.17) is 18.9 Å². The van der Waals surface area contributed by atoms with Crippen LogP contribution in [0.15, 0.2) is 0 Å². The lowest BCUT2D eigenvalue weighted by molar-refractivity contribution is -0.225. The second kappa shape index (κ2) is 4.45. The van der Waals surface area contributed by atoms with Gasteiger partial charge in [0.15, 0.2) is 12.1 Å². The number of hydrogen-bond acceptors (Lipinski definition) is 6. The number of hydrogen-bond donors (Lipinski definition) is 1. The van der Waals surface area contributed by atoms with Gasteiger partial charge in [0.1, 0.15) is 12.7 Å². The Labute approximate surface area is 106 Å². The lowest BCUT2D eigenvalue weighted by Crippen LogP contribution is -2.45. The Morgan fingerprint density at radius 3 is 2.56 bits per heavy atom. The van der Waals surface area contributed by atoms with E-state index in [9.17, 15) is 9.90 Å². The molecule has 2 aliphatic heterocycles. The monoisotopic (exact) mass is 260 g/mol. The zero-order valence-electron chi connectivity index (χ0n) is 11.1. The van der Waals surface area contributed by atoms with Crippen LogP contribution in [0.1, 0.15) is 27.7 Å². The summed E-state index contributed by atoms with van der Waals surface area (Å²) >= 11 is 0. The van der Waals surface area contributed by atoms with Crippen LogP contribution < -0.4 is 0 Å². The molecule has 1 N–H and O–H groups in total. The largest absolute Gasteiger partial charge is 0.465 e. The summed E-state index contributed by atoms with van der Waals surface area (Å²) in [6.45, 7) is 6.78. The third kappa shape index (κ3) is 2.25. The van der Waals surface area contributed by atoms with Crippen molar-refractivity contribution in [3.63, 3.8) is 0 Å². The zero-order chi connectivity index (χ0) is 13.6. The van der Waals surface area contributed by atoms with Crippen molar-refractivity contribution in [1.82, 2.24) is 0 Å². The maximum Gasteiger partial charge on any atom is 0.302 e. The van der Waals surface area contributed by atoms with Gasteiger partial charge in [-0.15, -0.1) is 0 Å². The first-order valence-corrected chi connectivity index (χ1v) is 6.04. The molecule has 0 aromatic heterocycles. The first-order valence-electron chi connectivity index (χ1n) is 6.04. The van der Waals surface area contributed by atoms with Crippen molar-refractivity contribution in [2.75, 3.05) is 13.2 Å². The highest BCUT2D eigenvalue weighted by Crippen LogP contribution is 2.47. The Hall–Kier alpha value is -0.690. The van der Waals surface area contributed by atoms with Gasteiger partial charge in [0.05, 0.1) is 18.1 Å². The van der Waals surface area contributed by atoms with Crippen molar-refractivity contribution >= 4 is 5.97 Å². The quantitative estimate of drug-likeness (QED) is 0.741. The van der Waals surface area contributed by atoms with Crippen molar-refractivity contribution < 1.29 is 28.8 Å². The lowest BCUT2D eigenvalue weighted by Gasteiger charge is -2.33. The molecule has 0 saturated carbocycles. The topological polar surface area (TPSA) is 74.2 Å². The van der Waals surface area contributed by atoms with Crippen LogP contribution >= 0.6 is 0 Å². The SMILES string of the molecule is CC(=O)OC[C@]1(C)[C@@H](CO)O[C@@H]2OC(C)(C)O[C@@H]21. The van der Waals surface area contributed by atoms with E-state index in [1.54, 1.807) is 13.8 Å². The molecule has 2 fully saturated rings. The highest BCUT2D eigenvalue weighted by molar-refractivity contribution is 5.65. The van der Waals surface area contributed by atoms with E-state index in [2.05, 4.69) is 0 Å². The summed E-state index contributed by atoms with van der Waals surface area (Å²) in [5, 5.41) is 9.38. The Bertz CT molecular complexity index is 341. The van der Waals surface area contributed by atoms with Gasteiger partial charge >= 0.3 is 5.97 Å². The molecule has 18 heavy (non-hydrogen) atoms. The van der Waals surface area contributed by atoms with Crippen LogP contribution in [0, 0.1) is 5.41 Å². The Balaban J connectivity index is 2.16. The first-order chi connectivity index (χ1) is 8.28. The molecule has 6 heteroatoms. The van der Waals surface area contributed by atoms with Crippen molar-refractivity contribution in [2.45, 2.75) is 52.0 Å². The number of carbonyl (C=O) groups excluding carboxylic acids is 1. The smallest absolute Gasteiger partial charge is 0.302 e. The molecule has 0 bridgehead atoms. The molecular formula is C12H20O6. The highest BCUT2D eigenvalue weighted by atomic mass is 16.8. The fourth-order valence-corrected chi connectivity index (χ4v) is 2.46. The number of aliphatic hydroxyl groups is 1. The fourth-order valence-electron chi connectivity index (χ4n) is 2.46. The van der Waals surface area contributed by atoms with E-state index in [-0.39, 0.29) is 25.3 Å². The molecule has 0 unspecified atom stereocenters. The van der Waals surface area contributed by atoms with Gasteiger partial charge in [-0.2, -0.15) is 0 Å². The molecule has 0 amide bonds. The van der Waals surface area contributed by atoms with Crippen LogP contribution in [0.25, 0.3) is 0 Å². The molecule has 6 nitrogen and oxygen atoms in total. The summed E-state index contributed by atoms with van der Waals surface area (Å²) < 4.78 is 22.1. The normalized spacial score (nSPS) is 41.7. The van der Waals surface area contributed by atoms with Crippen molar-refractivity contribution in [3.8, 4) is 0 Å². The van der Waals surface area contributed by atoms with Crippen molar-refractivity contribution in [3.05, 3.63) is 0 Å². The van der Waals surface area contributed by atoms with Crippen LogP contribution in [0.5, 0.6) is 0 Å². The molecule has 2 saturated heterocycles. The third-order valence-corrected chi connectivity index (χ3v) is 3.49. The van der Waals surface area contributed by atoms with Gasteiger partial charge in [-0.1, -0.05) is 6.92 Å². The van der Waals surface area contributed by atoms with E-state index in [0.29, 0.717) is 0 Å². The van der Waals surface area contributed by atoms with Crippen LogP contribution in [0.4, 0.5) is 0 Å². The number of rotatable bonds is 3. The van der Waals surface area contributed by atoms with Crippen LogP contribution in [0.3, 0.4) is 0 Å². The molecule has 2 heterocycles. The molecule has 0 aromatic carbocycles. The summed E-state index contributed by atoms with van der Waals surface area (Å²) in [7, 11) is 0. The molecule has 2 rings (SSSR count). The van der Waals surface area contributed by atoms with Gasteiger partial charge in [0.2, 0.25) is 0 Å². The van der Waals surface area contributed by atoms with Crippen molar-refractivity contribution in [2.24, 2.45) is 5.41 Å². The molecule has 2 aliphatic rings. The second-order valence-electron chi connectivity index (χ2n) is 5.52. The summed E-state index contributed by atoms with van der Waals surface area (Å²) in [4.78, 5) is 11.0. The number of ether oxygens (including phenoxy) is 4. The van der Waals surface area contributed by atoms with E-state index in [1.165, 1.54) is 6.92 Å². The van der Waals surface area contributed by atoms with Gasteiger partial charge in [0.25, 0.3) is 0 Å². The van der Waals surface area contributed by atoms with Crippen LogP contribution in [-0.2, 0) is 23.7 Å². The van der Waals surface area contributed by atoms with Crippen molar-refractivity contribution in [1.29, 1.82) is 0 Å². The summed E-state index contributed by atoms with van der Waals surface area (Å²) in [6, 6.07) is 0. The Morgan fingerprint density at radius 1 is 1.33 bits per heavy atom. The number of esters is 1. The zero-order valence-corrected chi connectivity index (χ0v) is 11.1. The molecule has 104 valence electrons. The number of carbonyl (C=O) groups is 1. The van der Waals surface area contributed by atoms with E-state index in [0.717, 1.165) is 0 Å². The average molecular weight is 260 g/mol. The summed E-state index contributed by atoms with van der Waals surface area (Å²) in [5.74, 6) is -1.10. The van der Waals surface area contributed by atoms with E-state index in [1.807, 2.05) is 6.92 Å². The second-order valence-corrected chi connectivity index (χ2v) is 5.52. The van der Waals surface area contributed by atoms with Gasteiger partial charge in [-0.25, -0.2) is 0 Å². The standard InChI is InChI=1S/C12H20O6/c1-7(14)15-6-12(4)8(5-13)16-10-9(12)17-11(2,3)18-10/h8-10,13H,5-6H2,1-4H3/t8-,9+,10-,12-/m1/s1. The van der Waals surface area contributed by atoms with E-state index < -0.39 is 23.6 Å². The summed E-state index contributed by atoms with van der Waals surface area (Å²) in [5.41, 5.74) is -0.612. The van der Waals surface area contributed by atoms with Gasteiger partial charge in [-0.05, 0) is 13.8 Å². The van der Waals surface area contributed by atoms with Crippen LogP contribution in [-0.4, -0.2) is 48.6 Å². The number of fused-ring (bicyclic) bond motifs is 1. The molecule has 0 aliphatic carbocycles. The van der Waals surface area contributed by atoms with E-state index >= 15 is 0 Å². The maximum atomic E-state index is 11.0. The first kappa shape index (κ1) is 13.7. The Kier molecular flexibility index (Phi) is 3.40. The van der Waals surface area contributed by atoms with Gasteiger partial charge in [0, 0.05) is 6.92 Å². The van der Waals surface area contributed by atoms with Crippen LogP contribution in [0.2, 0.25) is 0 Å². The molecule has 0 radical (unpaired) electrons. The fraction of sp³-hybridized carbons (Fsp3) is 0.917. The molecular weight excluding hydrogens is 240 g/mol. The highest BCUT2D eigenvalue weighted by Gasteiger charge is 2.61. The van der Waals surface area contributed by atoms with Gasteiger partial charge in [-0.3, -0.25) is 4.79 Å². The van der Waals surface area contributed by atoms with Gasteiger partial charge < -0.3 is 24.1 Å². The lowest BCUT2D eigenvalue weighted by atomic mass is 9.81. The molecule has 0 aromatic rings. The predicted molar refractivity (Wildman–Crippen MR) is 60.5 cm³/mol.